The fraction of sp³-hybridized carbons (Fsp3) is 0.214. The molecule has 1 aromatic carbocycles. The Morgan fingerprint density at radius 1 is 1.38 bits per heavy atom. The molecule has 0 spiro atoms. The number of rotatable bonds is 2. The number of aromatic carboxylic acids is 1. The summed E-state index contributed by atoms with van der Waals surface area (Å²) in [4.78, 5) is 19.9. The molecule has 2 heterocycles. The molecule has 1 aliphatic rings. The maximum absolute atomic E-state index is 13.2. The summed E-state index contributed by atoms with van der Waals surface area (Å²) >= 11 is 5.75. The van der Waals surface area contributed by atoms with Gasteiger partial charge in [0.25, 0.3) is 0 Å². The van der Waals surface area contributed by atoms with Crippen molar-refractivity contribution >= 4 is 17.6 Å². The minimum Gasteiger partial charge on any atom is -0.476 e. The second-order valence-electron chi connectivity index (χ2n) is 4.68. The second kappa shape index (κ2) is 5.38. The number of carboxylic acid groups (broad SMARTS) is 1. The van der Waals surface area contributed by atoms with Crippen LogP contribution in [0.1, 0.15) is 21.7 Å². The number of benzene rings is 1. The molecular weight excluding hydrogens is 297 g/mol. The van der Waals surface area contributed by atoms with E-state index in [0.717, 1.165) is 6.54 Å². The van der Waals surface area contributed by atoms with Gasteiger partial charge in [-0.05, 0) is 18.2 Å². The van der Waals surface area contributed by atoms with Crippen molar-refractivity contribution in [1.29, 1.82) is 0 Å². The first-order valence-corrected chi connectivity index (χ1v) is 6.73. The van der Waals surface area contributed by atoms with Crippen molar-refractivity contribution in [1.82, 2.24) is 15.3 Å². The molecule has 0 amide bonds. The van der Waals surface area contributed by atoms with Gasteiger partial charge in [0.05, 0.1) is 10.7 Å². The lowest BCUT2D eigenvalue weighted by atomic mass is 10.0. The van der Waals surface area contributed by atoms with E-state index in [1.165, 1.54) is 18.2 Å². The first-order valence-electron chi connectivity index (χ1n) is 6.35. The van der Waals surface area contributed by atoms with Crippen molar-refractivity contribution in [3.8, 4) is 11.4 Å². The monoisotopic (exact) mass is 307 g/mol. The van der Waals surface area contributed by atoms with Gasteiger partial charge in [-0.15, -0.1) is 0 Å². The Labute approximate surface area is 124 Å². The summed E-state index contributed by atoms with van der Waals surface area (Å²) in [6.45, 7) is 1.16. The largest absolute Gasteiger partial charge is 0.476 e. The van der Waals surface area contributed by atoms with Crippen LogP contribution in [0.15, 0.2) is 18.2 Å². The standard InChI is InChI=1S/C14H11ClFN3O2/c15-9-5-7(1-2-10(9)16)13-18-11-3-4-17-6-8(11)12(19-13)14(20)21/h1-2,5,17H,3-4,6H2,(H,20,21). The van der Waals surface area contributed by atoms with E-state index in [1.54, 1.807) is 0 Å². The first-order chi connectivity index (χ1) is 10.1. The maximum Gasteiger partial charge on any atom is 0.354 e. The van der Waals surface area contributed by atoms with E-state index in [0.29, 0.717) is 29.8 Å². The average Bonchev–Trinajstić information content (AvgIpc) is 2.48. The van der Waals surface area contributed by atoms with Gasteiger partial charge in [0.2, 0.25) is 0 Å². The number of hydrogen-bond acceptors (Lipinski definition) is 4. The van der Waals surface area contributed by atoms with Gasteiger partial charge >= 0.3 is 5.97 Å². The fourth-order valence-electron chi connectivity index (χ4n) is 2.28. The van der Waals surface area contributed by atoms with Crippen LogP contribution in [0.3, 0.4) is 0 Å². The lowest BCUT2D eigenvalue weighted by Crippen LogP contribution is -2.28. The summed E-state index contributed by atoms with van der Waals surface area (Å²) in [6, 6.07) is 4.09. The Balaban J connectivity index is 2.16. The van der Waals surface area contributed by atoms with Crippen LogP contribution >= 0.6 is 11.6 Å². The Morgan fingerprint density at radius 3 is 2.90 bits per heavy atom. The maximum atomic E-state index is 13.2. The number of carboxylic acids is 1. The van der Waals surface area contributed by atoms with Gasteiger partial charge in [-0.2, -0.15) is 0 Å². The third-order valence-electron chi connectivity index (χ3n) is 3.31. The summed E-state index contributed by atoms with van der Waals surface area (Å²) in [5.74, 6) is -1.40. The highest BCUT2D eigenvalue weighted by molar-refractivity contribution is 6.31. The number of aromatic nitrogens is 2. The minimum absolute atomic E-state index is 0.0253. The summed E-state index contributed by atoms with van der Waals surface area (Å²) in [5.41, 5.74) is 1.77. The van der Waals surface area contributed by atoms with Crippen molar-refractivity contribution in [3.63, 3.8) is 0 Å². The number of hydrogen-bond donors (Lipinski definition) is 2. The lowest BCUT2D eigenvalue weighted by molar-refractivity contribution is 0.0688. The molecule has 0 bridgehead atoms. The summed E-state index contributed by atoms with van der Waals surface area (Å²) in [5, 5.41) is 12.4. The number of nitrogens with zero attached hydrogens (tertiary/aromatic N) is 2. The molecule has 0 radical (unpaired) electrons. The Bertz CT molecular complexity index is 736. The number of halogens is 2. The van der Waals surface area contributed by atoms with Crippen LogP contribution in [0.25, 0.3) is 11.4 Å². The normalized spacial score (nSPS) is 13.8. The minimum atomic E-state index is -1.10. The second-order valence-corrected chi connectivity index (χ2v) is 5.09. The van der Waals surface area contributed by atoms with Gasteiger partial charge in [0, 0.05) is 30.6 Å². The molecule has 1 aliphatic heterocycles. The number of fused-ring (bicyclic) bond motifs is 1. The third kappa shape index (κ3) is 2.59. The highest BCUT2D eigenvalue weighted by Crippen LogP contribution is 2.25. The van der Waals surface area contributed by atoms with Crippen LogP contribution < -0.4 is 5.32 Å². The van der Waals surface area contributed by atoms with Crippen molar-refractivity contribution in [2.24, 2.45) is 0 Å². The molecule has 0 atom stereocenters. The molecule has 5 nitrogen and oxygen atoms in total. The van der Waals surface area contributed by atoms with E-state index in [4.69, 9.17) is 11.6 Å². The van der Waals surface area contributed by atoms with Gasteiger partial charge in [0.1, 0.15) is 5.82 Å². The molecule has 7 heteroatoms. The van der Waals surface area contributed by atoms with E-state index in [1.807, 2.05) is 0 Å². The zero-order valence-corrected chi connectivity index (χ0v) is 11.6. The summed E-state index contributed by atoms with van der Waals surface area (Å²) in [6.07, 6.45) is 0.625. The van der Waals surface area contributed by atoms with Crippen LogP contribution in [0.2, 0.25) is 5.02 Å². The van der Waals surface area contributed by atoms with Gasteiger partial charge in [-0.3, -0.25) is 0 Å². The fourth-order valence-corrected chi connectivity index (χ4v) is 2.46. The van der Waals surface area contributed by atoms with Crippen molar-refractivity contribution in [3.05, 3.63) is 46.0 Å². The quantitative estimate of drug-likeness (QED) is 0.890. The molecule has 21 heavy (non-hydrogen) atoms. The Hall–Kier alpha value is -2.05. The highest BCUT2D eigenvalue weighted by atomic mass is 35.5. The molecule has 0 saturated heterocycles. The van der Waals surface area contributed by atoms with Crippen molar-refractivity contribution < 1.29 is 14.3 Å². The predicted octanol–water partition coefficient (Wildman–Crippen LogP) is 2.28. The molecule has 1 aromatic heterocycles. The highest BCUT2D eigenvalue weighted by Gasteiger charge is 2.22. The molecule has 2 N–H and O–H groups in total. The molecular formula is C14H11ClFN3O2. The summed E-state index contributed by atoms with van der Waals surface area (Å²) < 4.78 is 13.2. The van der Waals surface area contributed by atoms with Crippen molar-refractivity contribution in [2.75, 3.05) is 6.54 Å². The third-order valence-corrected chi connectivity index (χ3v) is 3.60. The van der Waals surface area contributed by atoms with Gasteiger partial charge in [0.15, 0.2) is 11.5 Å². The Kier molecular flexibility index (Phi) is 3.57. The van der Waals surface area contributed by atoms with E-state index >= 15 is 0 Å². The van der Waals surface area contributed by atoms with Crippen LogP contribution in [0.4, 0.5) is 4.39 Å². The lowest BCUT2D eigenvalue weighted by Gasteiger charge is -2.18. The molecule has 2 aromatic rings. The average molecular weight is 308 g/mol. The number of carbonyl (C=O) groups is 1. The van der Waals surface area contributed by atoms with E-state index in [9.17, 15) is 14.3 Å². The van der Waals surface area contributed by atoms with Crippen LogP contribution in [-0.4, -0.2) is 27.6 Å². The predicted molar refractivity (Wildman–Crippen MR) is 74.8 cm³/mol. The topological polar surface area (TPSA) is 75.1 Å². The molecule has 3 rings (SSSR count). The zero-order chi connectivity index (χ0) is 15.0. The molecule has 108 valence electrons. The SMILES string of the molecule is O=C(O)c1nc(-c2ccc(F)c(Cl)c2)nc2c1CNCC2. The molecule has 0 saturated carbocycles. The van der Waals surface area contributed by atoms with Crippen molar-refractivity contribution in [2.45, 2.75) is 13.0 Å². The van der Waals surface area contributed by atoms with Crippen LogP contribution in [0, 0.1) is 5.82 Å². The van der Waals surface area contributed by atoms with E-state index in [-0.39, 0.29) is 16.5 Å². The summed E-state index contributed by atoms with van der Waals surface area (Å²) in [7, 11) is 0. The van der Waals surface area contributed by atoms with Gasteiger partial charge in [-0.1, -0.05) is 11.6 Å². The molecule has 0 aliphatic carbocycles. The zero-order valence-electron chi connectivity index (χ0n) is 10.9. The smallest absolute Gasteiger partial charge is 0.354 e. The van der Waals surface area contributed by atoms with E-state index < -0.39 is 11.8 Å². The molecule has 0 fully saturated rings. The van der Waals surface area contributed by atoms with Crippen LogP contribution in [0.5, 0.6) is 0 Å². The van der Waals surface area contributed by atoms with Gasteiger partial charge < -0.3 is 10.4 Å². The first kappa shape index (κ1) is 13.9. The number of nitrogens with one attached hydrogen (secondary N) is 1. The molecule has 0 unspecified atom stereocenters. The van der Waals surface area contributed by atoms with Crippen LogP contribution in [-0.2, 0) is 13.0 Å². The van der Waals surface area contributed by atoms with Gasteiger partial charge in [-0.25, -0.2) is 19.2 Å². The van der Waals surface area contributed by atoms with E-state index in [2.05, 4.69) is 15.3 Å². The Morgan fingerprint density at radius 2 is 2.19 bits per heavy atom.